The van der Waals surface area contributed by atoms with Gasteiger partial charge in [0.2, 0.25) is 11.1 Å². The van der Waals surface area contributed by atoms with Gasteiger partial charge in [-0.3, -0.25) is 4.79 Å². The average molecular weight is 281 g/mol. The van der Waals surface area contributed by atoms with E-state index in [-0.39, 0.29) is 23.1 Å². The first-order valence-electron chi connectivity index (χ1n) is 5.86. The van der Waals surface area contributed by atoms with Crippen molar-refractivity contribution < 1.29 is 4.79 Å². The van der Waals surface area contributed by atoms with E-state index in [0.29, 0.717) is 11.0 Å². The predicted octanol–water partition coefficient (Wildman–Crippen LogP) is 0.519. The minimum absolute atomic E-state index is 0.150. The molecule has 19 heavy (non-hydrogen) atoms. The molecule has 0 saturated carbocycles. The molecule has 0 spiro atoms. The zero-order chi connectivity index (χ0) is 14.6. The van der Waals surface area contributed by atoms with E-state index in [9.17, 15) is 4.79 Å². The van der Waals surface area contributed by atoms with Crippen molar-refractivity contribution in [3.8, 4) is 12.3 Å². The molecule has 0 fully saturated rings. The summed E-state index contributed by atoms with van der Waals surface area (Å²) in [5, 5.41) is 10.9. The van der Waals surface area contributed by atoms with E-state index in [2.05, 4.69) is 21.4 Å². The normalized spacial score (nSPS) is 12.8. The Morgan fingerprint density at radius 1 is 1.58 bits per heavy atom. The lowest BCUT2D eigenvalue weighted by atomic mass is 9.96. The zero-order valence-electron chi connectivity index (χ0n) is 11.6. The molecule has 1 atom stereocenters. The van der Waals surface area contributed by atoms with E-state index < -0.39 is 0 Å². The van der Waals surface area contributed by atoms with Crippen molar-refractivity contribution in [3.63, 3.8) is 0 Å². The van der Waals surface area contributed by atoms with Gasteiger partial charge in [-0.15, -0.1) is 16.6 Å². The topological polar surface area (TPSA) is 85.8 Å². The van der Waals surface area contributed by atoms with Crippen molar-refractivity contribution in [2.24, 2.45) is 0 Å². The molecule has 1 unspecified atom stereocenters. The number of amides is 1. The van der Waals surface area contributed by atoms with Crippen LogP contribution in [0.1, 0.15) is 33.5 Å². The fourth-order valence-corrected chi connectivity index (χ4v) is 2.16. The van der Waals surface area contributed by atoms with Crippen molar-refractivity contribution in [3.05, 3.63) is 5.82 Å². The Hall–Kier alpha value is -1.68. The van der Waals surface area contributed by atoms with Crippen molar-refractivity contribution in [1.29, 1.82) is 0 Å². The van der Waals surface area contributed by atoms with Gasteiger partial charge < -0.3 is 11.2 Å². The molecule has 6 nitrogen and oxygen atoms in total. The first-order valence-corrected chi connectivity index (χ1v) is 6.74. The molecule has 1 amide bonds. The summed E-state index contributed by atoms with van der Waals surface area (Å²) >= 11 is 1.25. The molecule has 1 aromatic rings. The van der Waals surface area contributed by atoms with E-state index in [4.69, 9.17) is 12.3 Å². The number of nitrogen functional groups attached to an aromatic ring is 1. The monoisotopic (exact) mass is 281 g/mol. The molecule has 0 saturated heterocycles. The standard InChI is InChI=1S/C12H19N5OS/c1-6-7-14-9(18)8(2)19-11-16-15-10(17(11)13)12(3,4)5/h1,8H,7,13H2,2-5H3,(H,14,18). The van der Waals surface area contributed by atoms with E-state index in [1.807, 2.05) is 20.8 Å². The predicted molar refractivity (Wildman–Crippen MR) is 76.0 cm³/mol. The van der Waals surface area contributed by atoms with Gasteiger partial charge in [-0.05, 0) is 6.92 Å². The molecule has 1 aromatic heterocycles. The molecule has 104 valence electrons. The molecule has 1 rings (SSSR count). The van der Waals surface area contributed by atoms with Crippen molar-refractivity contribution in [2.45, 2.75) is 43.5 Å². The summed E-state index contributed by atoms with van der Waals surface area (Å²) in [7, 11) is 0. The van der Waals surface area contributed by atoms with Crippen molar-refractivity contribution >= 4 is 17.7 Å². The number of hydrogen-bond acceptors (Lipinski definition) is 5. The van der Waals surface area contributed by atoms with E-state index in [1.165, 1.54) is 16.4 Å². The number of carbonyl (C=O) groups is 1. The maximum Gasteiger partial charge on any atom is 0.234 e. The molecule has 7 heteroatoms. The molecule has 0 aliphatic carbocycles. The van der Waals surface area contributed by atoms with Gasteiger partial charge in [-0.1, -0.05) is 38.5 Å². The highest BCUT2D eigenvalue weighted by molar-refractivity contribution is 8.00. The largest absolute Gasteiger partial charge is 0.344 e. The van der Waals surface area contributed by atoms with E-state index in [1.54, 1.807) is 6.92 Å². The number of hydrogen-bond donors (Lipinski definition) is 2. The highest BCUT2D eigenvalue weighted by Crippen LogP contribution is 2.25. The number of terminal acetylenes is 1. The van der Waals surface area contributed by atoms with E-state index >= 15 is 0 Å². The molecule has 0 aliphatic heterocycles. The number of nitrogens with zero attached hydrogens (tertiary/aromatic N) is 3. The number of rotatable bonds is 4. The highest BCUT2D eigenvalue weighted by Gasteiger charge is 2.25. The molecular weight excluding hydrogens is 262 g/mol. The minimum atomic E-state index is -0.340. The second kappa shape index (κ2) is 5.97. The van der Waals surface area contributed by atoms with Crippen LogP contribution in [0.2, 0.25) is 0 Å². The highest BCUT2D eigenvalue weighted by atomic mass is 32.2. The SMILES string of the molecule is C#CCNC(=O)C(C)Sc1nnc(C(C)(C)C)n1N. The summed E-state index contributed by atoms with van der Waals surface area (Å²) in [6, 6.07) is 0. The molecular formula is C12H19N5OS. The molecule has 3 N–H and O–H groups in total. The van der Waals surface area contributed by atoms with Gasteiger partial charge in [0.05, 0.1) is 11.8 Å². The lowest BCUT2D eigenvalue weighted by Gasteiger charge is -2.17. The molecule has 0 aliphatic rings. The summed E-state index contributed by atoms with van der Waals surface area (Å²) in [6.07, 6.45) is 5.09. The Morgan fingerprint density at radius 3 is 2.68 bits per heavy atom. The number of carbonyl (C=O) groups excluding carboxylic acids is 1. The quantitative estimate of drug-likeness (QED) is 0.477. The van der Waals surface area contributed by atoms with Crippen LogP contribution in [-0.2, 0) is 10.2 Å². The third-order valence-corrected chi connectivity index (χ3v) is 3.41. The number of nitrogens with one attached hydrogen (secondary N) is 1. The smallest absolute Gasteiger partial charge is 0.234 e. The minimum Gasteiger partial charge on any atom is -0.344 e. The van der Waals surface area contributed by atoms with Gasteiger partial charge in [0, 0.05) is 5.41 Å². The van der Waals surface area contributed by atoms with Crippen LogP contribution in [-0.4, -0.2) is 32.6 Å². The van der Waals surface area contributed by atoms with Gasteiger partial charge in [-0.2, -0.15) is 0 Å². The zero-order valence-corrected chi connectivity index (χ0v) is 12.4. The first-order chi connectivity index (χ1) is 8.77. The van der Waals surface area contributed by atoms with Gasteiger partial charge in [0.15, 0.2) is 5.82 Å². The number of aromatic nitrogens is 3. The molecule has 0 radical (unpaired) electrons. The Labute approximate surface area is 117 Å². The van der Waals surface area contributed by atoms with Crippen LogP contribution in [0.15, 0.2) is 5.16 Å². The van der Waals surface area contributed by atoms with Crippen LogP contribution in [0.4, 0.5) is 0 Å². The van der Waals surface area contributed by atoms with E-state index in [0.717, 1.165) is 0 Å². The van der Waals surface area contributed by atoms with Crippen LogP contribution >= 0.6 is 11.8 Å². The maximum atomic E-state index is 11.7. The Balaban J connectivity index is 2.76. The molecule has 1 heterocycles. The number of nitrogens with two attached hydrogens (primary N) is 1. The second-order valence-corrected chi connectivity index (χ2v) is 6.42. The van der Waals surface area contributed by atoms with Crippen LogP contribution in [0.5, 0.6) is 0 Å². The van der Waals surface area contributed by atoms with Gasteiger partial charge >= 0.3 is 0 Å². The Kier molecular flexibility index (Phi) is 4.84. The Bertz CT molecular complexity index is 497. The average Bonchev–Trinajstić information content (AvgIpc) is 2.67. The fourth-order valence-electron chi connectivity index (χ4n) is 1.36. The summed E-state index contributed by atoms with van der Waals surface area (Å²) in [4.78, 5) is 11.7. The molecule has 0 aromatic carbocycles. The summed E-state index contributed by atoms with van der Waals surface area (Å²) in [6.45, 7) is 7.97. The van der Waals surface area contributed by atoms with Crippen molar-refractivity contribution in [2.75, 3.05) is 12.4 Å². The third-order valence-electron chi connectivity index (χ3n) is 2.35. The molecule has 0 bridgehead atoms. The van der Waals surface area contributed by atoms with Gasteiger partial charge in [-0.25, -0.2) is 4.68 Å². The summed E-state index contributed by atoms with van der Waals surface area (Å²) < 4.78 is 1.43. The third kappa shape index (κ3) is 3.89. The lowest BCUT2D eigenvalue weighted by Crippen LogP contribution is -2.31. The summed E-state index contributed by atoms with van der Waals surface area (Å²) in [5.41, 5.74) is -0.199. The lowest BCUT2D eigenvalue weighted by molar-refractivity contribution is -0.120. The van der Waals surface area contributed by atoms with Crippen LogP contribution in [0, 0.1) is 12.3 Å². The number of thioether (sulfide) groups is 1. The second-order valence-electron chi connectivity index (χ2n) is 5.11. The van der Waals surface area contributed by atoms with Crippen molar-refractivity contribution in [1.82, 2.24) is 20.2 Å². The van der Waals surface area contributed by atoms with Crippen LogP contribution in [0.25, 0.3) is 0 Å². The van der Waals surface area contributed by atoms with Gasteiger partial charge in [0.25, 0.3) is 0 Å². The van der Waals surface area contributed by atoms with Crippen LogP contribution in [0.3, 0.4) is 0 Å². The maximum absolute atomic E-state index is 11.7. The van der Waals surface area contributed by atoms with Gasteiger partial charge in [0.1, 0.15) is 0 Å². The Morgan fingerprint density at radius 2 is 2.21 bits per heavy atom. The fraction of sp³-hybridized carbons (Fsp3) is 0.583. The first kappa shape index (κ1) is 15.4. The summed E-state index contributed by atoms with van der Waals surface area (Å²) in [5.74, 6) is 8.82. The van der Waals surface area contributed by atoms with Crippen LogP contribution < -0.4 is 11.2 Å².